The van der Waals surface area contributed by atoms with Gasteiger partial charge in [0.05, 0.1) is 0 Å². The van der Waals surface area contributed by atoms with Crippen LogP contribution in [-0.4, -0.2) is 15.9 Å². The van der Waals surface area contributed by atoms with E-state index in [2.05, 4.69) is 9.97 Å². The topological polar surface area (TPSA) is 55.0 Å². The molecule has 0 aliphatic rings. The first-order valence-corrected chi connectivity index (χ1v) is 7.73. The molecule has 0 radical (unpaired) electrons. The Morgan fingerprint density at radius 3 is 2.69 bits per heavy atom. The molecule has 2 aromatic rings. The maximum atomic E-state index is 11.1. The standard InChI is InChI=1S/C11H11IN2O2/c1-9(15)16-12(11-7-13-8-14-11)10-5-3-2-4-6-10/h2-8H,1H3,(H,13,14). The average molecular weight is 330 g/mol. The van der Waals surface area contributed by atoms with Gasteiger partial charge >= 0.3 is 101 Å². The zero-order valence-electron chi connectivity index (χ0n) is 8.68. The molecule has 0 saturated carbocycles. The molecule has 16 heavy (non-hydrogen) atoms. The van der Waals surface area contributed by atoms with E-state index in [1.807, 2.05) is 30.3 Å². The molecule has 1 N–H and O–H groups in total. The number of nitrogens with zero attached hydrogens (tertiary/aromatic N) is 1. The van der Waals surface area contributed by atoms with Crippen molar-refractivity contribution in [1.29, 1.82) is 0 Å². The molecule has 2 rings (SSSR count). The monoisotopic (exact) mass is 330 g/mol. The van der Waals surface area contributed by atoms with Crippen molar-refractivity contribution in [3.63, 3.8) is 0 Å². The Balaban J connectivity index is 2.32. The second kappa shape index (κ2) is 5.11. The number of carbonyl (C=O) groups excluding carboxylic acids is 1. The fourth-order valence-electron chi connectivity index (χ4n) is 1.17. The van der Waals surface area contributed by atoms with Crippen molar-refractivity contribution in [3.05, 3.63) is 50.1 Å². The van der Waals surface area contributed by atoms with Gasteiger partial charge in [0.15, 0.2) is 0 Å². The number of benzene rings is 1. The molecule has 0 spiro atoms. The summed E-state index contributed by atoms with van der Waals surface area (Å²) in [5.41, 5.74) is 0. The zero-order chi connectivity index (χ0) is 11.4. The second-order valence-electron chi connectivity index (χ2n) is 3.01. The number of hydrogen-bond donors (Lipinski definition) is 1. The van der Waals surface area contributed by atoms with Gasteiger partial charge in [0.2, 0.25) is 0 Å². The molecule has 0 bridgehead atoms. The minimum atomic E-state index is -2.12. The van der Waals surface area contributed by atoms with Gasteiger partial charge < -0.3 is 0 Å². The zero-order valence-corrected chi connectivity index (χ0v) is 10.8. The Morgan fingerprint density at radius 2 is 2.12 bits per heavy atom. The summed E-state index contributed by atoms with van der Waals surface area (Å²) in [7, 11) is 0. The normalized spacial score (nSPS) is 10.9. The first-order chi connectivity index (χ1) is 7.77. The van der Waals surface area contributed by atoms with Crippen LogP contribution in [0.5, 0.6) is 0 Å². The van der Waals surface area contributed by atoms with Crippen molar-refractivity contribution in [1.82, 2.24) is 9.97 Å². The summed E-state index contributed by atoms with van der Waals surface area (Å²) >= 11 is -2.12. The third kappa shape index (κ3) is 2.60. The Labute approximate surface area is 101 Å². The van der Waals surface area contributed by atoms with Gasteiger partial charge in [-0.25, -0.2) is 0 Å². The van der Waals surface area contributed by atoms with Crippen molar-refractivity contribution in [2.45, 2.75) is 6.92 Å². The predicted molar refractivity (Wildman–Crippen MR) is 68.2 cm³/mol. The fraction of sp³-hybridized carbons (Fsp3) is 0.0909. The van der Waals surface area contributed by atoms with Gasteiger partial charge in [0, 0.05) is 0 Å². The molecule has 4 nitrogen and oxygen atoms in total. The quantitative estimate of drug-likeness (QED) is 0.880. The summed E-state index contributed by atoms with van der Waals surface area (Å²) in [6, 6.07) is 9.79. The van der Waals surface area contributed by atoms with Crippen LogP contribution in [0.2, 0.25) is 0 Å². The van der Waals surface area contributed by atoms with Gasteiger partial charge in [0.1, 0.15) is 0 Å². The van der Waals surface area contributed by atoms with Crippen molar-refractivity contribution >= 4 is 26.2 Å². The minimum absolute atomic E-state index is 0.247. The summed E-state index contributed by atoms with van der Waals surface area (Å²) in [5, 5.41) is 0. The van der Waals surface area contributed by atoms with Gasteiger partial charge in [-0.15, -0.1) is 0 Å². The van der Waals surface area contributed by atoms with Gasteiger partial charge in [-0.2, -0.15) is 0 Å². The molecule has 1 aromatic heterocycles. The molecule has 5 heteroatoms. The summed E-state index contributed by atoms with van der Waals surface area (Å²) in [4.78, 5) is 18.1. The summed E-state index contributed by atoms with van der Waals surface area (Å²) < 4.78 is 7.42. The Bertz CT molecular complexity index is 456. The van der Waals surface area contributed by atoms with Crippen LogP contribution in [0.3, 0.4) is 0 Å². The number of hydrogen-bond acceptors (Lipinski definition) is 3. The molecular formula is C11H11IN2O2. The van der Waals surface area contributed by atoms with Gasteiger partial charge in [-0.1, -0.05) is 0 Å². The number of aromatic nitrogens is 2. The van der Waals surface area contributed by atoms with E-state index >= 15 is 0 Å². The number of carbonyl (C=O) groups is 1. The van der Waals surface area contributed by atoms with E-state index in [4.69, 9.17) is 3.07 Å². The molecule has 0 aliphatic heterocycles. The van der Waals surface area contributed by atoms with Crippen LogP contribution in [0.25, 0.3) is 0 Å². The van der Waals surface area contributed by atoms with Gasteiger partial charge in [-0.3, -0.25) is 0 Å². The molecule has 1 aromatic carbocycles. The molecule has 0 atom stereocenters. The average Bonchev–Trinajstić information content (AvgIpc) is 2.80. The van der Waals surface area contributed by atoms with Crippen molar-refractivity contribution < 1.29 is 7.86 Å². The van der Waals surface area contributed by atoms with Crippen LogP contribution in [0.4, 0.5) is 0 Å². The summed E-state index contributed by atoms with van der Waals surface area (Å²) in [6.07, 6.45) is 3.33. The first kappa shape index (κ1) is 11.1. The van der Waals surface area contributed by atoms with E-state index < -0.39 is 20.2 Å². The number of rotatable bonds is 3. The van der Waals surface area contributed by atoms with Crippen molar-refractivity contribution in [3.8, 4) is 0 Å². The fourth-order valence-corrected chi connectivity index (χ4v) is 4.86. The van der Waals surface area contributed by atoms with E-state index in [1.54, 1.807) is 12.5 Å². The van der Waals surface area contributed by atoms with E-state index in [0.29, 0.717) is 0 Å². The molecule has 0 aliphatic carbocycles. The third-order valence-electron chi connectivity index (χ3n) is 1.77. The molecule has 0 fully saturated rings. The van der Waals surface area contributed by atoms with Crippen LogP contribution < -0.4 is 0 Å². The maximum absolute atomic E-state index is 11.1. The van der Waals surface area contributed by atoms with Gasteiger partial charge in [-0.05, 0) is 0 Å². The van der Waals surface area contributed by atoms with E-state index in [0.717, 1.165) is 7.27 Å². The second-order valence-corrected chi connectivity index (χ2v) is 7.28. The SMILES string of the molecule is CC(=O)OI(c1ccccc1)c1cnc[nH]1. The Kier molecular flexibility index (Phi) is 3.55. The van der Waals surface area contributed by atoms with E-state index in [9.17, 15) is 4.79 Å². The molecule has 0 saturated heterocycles. The van der Waals surface area contributed by atoms with Crippen LogP contribution in [-0.2, 0) is 7.86 Å². The summed E-state index contributed by atoms with van der Waals surface area (Å²) in [5.74, 6) is -0.247. The van der Waals surface area contributed by atoms with Crippen LogP contribution in [0.15, 0.2) is 42.9 Å². The van der Waals surface area contributed by atoms with Crippen molar-refractivity contribution in [2.75, 3.05) is 0 Å². The predicted octanol–water partition coefficient (Wildman–Crippen LogP) is 2.43. The van der Waals surface area contributed by atoms with E-state index in [1.165, 1.54) is 6.92 Å². The Hall–Kier alpha value is -1.37. The number of aromatic amines is 1. The molecule has 0 unspecified atom stereocenters. The number of nitrogens with one attached hydrogen (secondary N) is 1. The summed E-state index contributed by atoms with van der Waals surface area (Å²) in [6.45, 7) is 1.43. The van der Waals surface area contributed by atoms with Crippen molar-refractivity contribution in [2.24, 2.45) is 0 Å². The third-order valence-corrected chi connectivity index (χ3v) is 6.32. The van der Waals surface area contributed by atoms with Crippen LogP contribution in [0, 0.1) is 7.27 Å². The molecular weight excluding hydrogens is 319 g/mol. The van der Waals surface area contributed by atoms with Crippen LogP contribution >= 0.6 is 20.2 Å². The van der Waals surface area contributed by atoms with Gasteiger partial charge in [0.25, 0.3) is 0 Å². The first-order valence-electron chi connectivity index (χ1n) is 4.69. The molecule has 1 heterocycles. The number of H-pyrrole nitrogens is 1. The van der Waals surface area contributed by atoms with Crippen LogP contribution in [0.1, 0.15) is 6.92 Å². The molecule has 84 valence electrons. The number of halogens is 1. The molecule has 0 amide bonds. The Morgan fingerprint density at radius 1 is 1.38 bits per heavy atom. The number of imidazole rings is 1. The van der Waals surface area contributed by atoms with E-state index in [-0.39, 0.29) is 5.97 Å².